The Balaban J connectivity index is 2.83. The maximum atomic E-state index is 13.7. The molecular formula is C15H12F9IO2. The molecule has 27 heavy (non-hydrogen) atoms. The van der Waals surface area contributed by atoms with E-state index >= 15 is 0 Å². The fourth-order valence-electron chi connectivity index (χ4n) is 2.19. The Morgan fingerprint density at radius 2 is 1.59 bits per heavy atom. The molecule has 0 saturated heterocycles. The minimum Gasteiger partial charge on any atom is -0.478 e. The molecule has 1 N–H and O–H groups in total. The van der Waals surface area contributed by atoms with E-state index in [1.54, 1.807) is 0 Å². The van der Waals surface area contributed by atoms with Crippen molar-refractivity contribution in [3.8, 4) is 0 Å². The molecule has 1 rings (SSSR count). The Labute approximate surface area is 160 Å². The minimum absolute atomic E-state index is 0.0665. The predicted octanol–water partition coefficient (Wildman–Crippen LogP) is 6.28. The zero-order valence-corrected chi connectivity index (χ0v) is 15.4. The first-order valence-corrected chi connectivity index (χ1v) is 8.33. The maximum Gasteiger partial charge on any atom is 0.453 e. The molecule has 0 aromatic heterocycles. The summed E-state index contributed by atoms with van der Waals surface area (Å²) in [6.45, 7) is 0. The summed E-state index contributed by atoms with van der Waals surface area (Å²) < 4.78 is 115. The number of hydrogen-bond acceptors (Lipinski definition) is 1. The van der Waals surface area contributed by atoms with Crippen molar-refractivity contribution in [2.75, 3.05) is 0 Å². The molecule has 0 saturated carbocycles. The standard InChI is InChI=1S/C15H12F9IO2/c16-12(17,15(22,23)24)6-4-2-1-3-5-8-9(25)7-13(18,19)14(20,21)10(8)11(26)27/h1-2,7H,3-6H2,(H,26,27). The van der Waals surface area contributed by atoms with Gasteiger partial charge in [-0.05, 0) is 47.4 Å². The molecular weight excluding hydrogens is 510 g/mol. The van der Waals surface area contributed by atoms with Crippen molar-refractivity contribution < 1.29 is 49.4 Å². The topological polar surface area (TPSA) is 37.3 Å². The molecule has 1 aliphatic carbocycles. The zero-order valence-electron chi connectivity index (χ0n) is 13.2. The largest absolute Gasteiger partial charge is 0.478 e. The van der Waals surface area contributed by atoms with Gasteiger partial charge in [-0.2, -0.15) is 39.5 Å². The van der Waals surface area contributed by atoms with Crippen LogP contribution in [0, 0.1) is 0 Å². The van der Waals surface area contributed by atoms with E-state index in [1.807, 2.05) is 0 Å². The molecule has 0 atom stereocenters. The van der Waals surface area contributed by atoms with Crippen LogP contribution in [-0.4, -0.2) is 35.0 Å². The van der Waals surface area contributed by atoms with Gasteiger partial charge in [0.15, 0.2) is 0 Å². The van der Waals surface area contributed by atoms with Gasteiger partial charge >= 0.3 is 29.9 Å². The molecule has 0 heterocycles. The number of rotatable bonds is 7. The number of hydrogen-bond donors (Lipinski definition) is 1. The monoisotopic (exact) mass is 522 g/mol. The number of allylic oxidation sites excluding steroid dienone is 5. The van der Waals surface area contributed by atoms with Crippen molar-refractivity contribution in [1.82, 2.24) is 0 Å². The van der Waals surface area contributed by atoms with Crippen LogP contribution in [0.15, 0.2) is 33.0 Å². The Kier molecular flexibility index (Phi) is 7.09. The van der Waals surface area contributed by atoms with Crippen LogP contribution in [0.25, 0.3) is 0 Å². The van der Waals surface area contributed by atoms with Gasteiger partial charge in [0.25, 0.3) is 0 Å². The van der Waals surface area contributed by atoms with Gasteiger partial charge in [0.2, 0.25) is 0 Å². The SMILES string of the molecule is O=C(O)C1=C(CCC=CCCC(F)(F)C(F)(F)F)C(I)=CC(F)(F)C1(F)F. The van der Waals surface area contributed by atoms with Crippen LogP contribution in [0.1, 0.15) is 25.7 Å². The lowest BCUT2D eigenvalue weighted by Gasteiger charge is -2.30. The summed E-state index contributed by atoms with van der Waals surface area (Å²) in [6, 6.07) is 0. The highest BCUT2D eigenvalue weighted by Gasteiger charge is 2.62. The average Bonchev–Trinajstić information content (AvgIpc) is 2.45. The van der Waals surface area contributed by atoms with Crippen LogP contribution in [0.3, 0.4) is 0 Å². The lowest BCUT2D eigenvalue weighted by Crippen LogP contribution is -2.45. The van der Waals surface area contributed by atoms with E-state index in [4.69, 9.17) is 5.11 Å². The summed E-state index contributed by atoms with van der Waals surface area (Å²) >= 11 is 1.28. The highest BCUT2D eigenvalue weighted by Crippen LogP contribution is 2.49. The maximum absolute atomic E-state index is 13.7. The molecule has 12 heteroatoms. The summed E-state index contributed by atoms with van der Waals surface area (Å²) in [5, 5.41) is 8.89. The summed E-state index contributed by atoms with van der Waals surface area (Å²) in [6.07, 6.45) is -6.55. The number of aliphatic carboxylic acids is 1. The van der Waals surface area contributed by atoms with Gasteiger partial charge in [-0.3, -0.25) is 0 Å². The van der Waals surface area contributed by atoms with Crippen LogP contribution < -0.4 is 0 Å². The molecule has 2 nitrogen and oxygen atoms in total. The van der Waals surface area contributed by atoms with Gasteiger partial charge in [0.05, 0.1) is 0 Å². The normalized spacial score (nSPS) is 20.1. The third-order valence-corrected chi connectivity index (χ3v) is 4.57. The molecule has 1 aliphatic rings. The average molecular weight is 522 g/mol. The summed E-state index contributed by atoms with van der Waals surface area (Å²) in [5.74, 6) is -16.8. The van der Waals surface area contributed by atoms with Gasteiger partial charge in [-0.1, -0.05) is 12.2 Å². The lowest BCUT2D eigenvalue weighted by molar-refractivity contribution is -0.283. The Bertz CT molecular complexity index is 675. The number of carboxylic acid groups (broad SMARTS) is 1. The van der Waals surface area contributed by atoms with Crippen LogP contribution in [0.4, 0.5) is 39.5 Å². The quantitative estimate of drug-likeness (QED) is 0.243. The molecule has 154 valence electrons. The van der Waals surface area contributed by atoms with E-state index in [9.17, 15) is 44.3 Å². The number of carbonyl (C=O) groups is 1. The zero-order chi connectivity index (χ0) is 21.3. The van der Waals surface area contributed by atoms with E-state index in [2.05, 4.69) is 0 Å². The second-order valence-corrected chi connectivity index (χ2v) is 6.76. The molecule has 0 fully saturated rings. The first-order valence-electron chi connectivity index (χ1n) is 7.25. The predicted molar refractivity (Wildman–Crippen MR) is 85.3 cm³/mol. The van der Waals surface area contributed by atoms with Gasteiger partial charge in [-0.15, -0.1) is 0 Å². The molecule has 0 amide bonds. The molecule has 0 aliphatic heterocycles. The Morgan fingerprint density at radius 3 is 2.07 bits per heavy atom. The van der Waals surface area contributed by atoms with E-state index in [1.165, 1.54) is 22.6 Å². The number of halogens is 10. The van der Waals surface area contributed by atoms with Crippen LogP contribution in [0.2, 0.25) is 0 Å². The van der Waals surface area contributed by atoms with Crippen molar-refractivity contribution in [3.05, 3.63) is 33.0 Å². The molecule has 0 aromatic rings. The number of carboxylic acids is 1. The van der Waals surface area contributed by atoms with Gasteiger partial charge in [-0.25, -0.2) is 4.79 Å². The van der Waals surface area contributed by atoms with E-state index in [0.29, 0.717) is 0 Å². The van der Waals surface area contributed by atoms with Crippen LogP contribution in [-0.2, 0) is 4.79 Å². The first kappa shape index (κ1) is 23.8. The summed E-state index contributed by atoms with van der Waals surface area (Å²) in [4.78, 5) is 11.0. The van der Waals surface area contributed by atoms with E-state index in [0.717, 1.165) is 12.2 Å². The summed E-state index contributed by atoms with van der Waals surface area (Å²) in [5.41, 5.74) is -2.32. The van der Waals surface area contributed by atoms with Crippen molar-refractivity contribution >= 4 is 28.6 Å². The van der Waals surface area contributed by atoms with Crippen molar-refractivity contribution in [2.24, 2.45) is 0 Å². The van der Waals surface area contributed by atoms with Crippen molar-refractivity contribution in [3.63, 3.8) is 0 Å². The highest BCUT2D eigenvalue weighted by molar-refractivity contribution is 14.1. The molecule has 0 bridgehead atoms. The summed E-state index contributed by atoms with van der Waals surface area (Å²) in [7, 11) is 0. The lowest BCUT2D eigenvalue weighted by atomic mass is 9.89. The fourth-order valence-corrected chi connectivity index (χ4v) is 3.12. The van der Waals surface area contributed by atoms with Crippen LogP contribution >= 0.6 is 22.6 Å². The second-order valence-electron chi connectivity index (χ2n) is 5.60. The van der Waals surface area contributed by atoms with Crippen molar-refractivity contribution in [1.29, 1.82) is 0 Å². The van der Waals surface area contributed by atoms with Gasteiger partial charge in [0, 0.05) is 16.1 Å². The minimum atomic E-state index is -5.69. The third kappa shape index (κ3) is 5.19. The van der Waals surface area contributed by atoms with Gasteiger partial charge < -0.3 is 5.11 Å². The van der Waals surface area contributed by atoms with Crippen molar-refractivity contribution in [2.45, 2.75) is 49.6 Å². The molecule has 0 unspecified atom stereocenters. The number of alkyl halides is 9. The second kappa shape index (κ2) is 8.03. The Hall–Kier alpha value is -1.21. The molecule has 0 radical (unpaired) electrons. The first-order chi connectivity index (χ1) is 12.0. The molecule has 0 aromatic carbocycles. The highest BCUT2D eigenvalue weighted by atomic mass is 127. The fraction of sp³-hybridized carbons (Fsp3) is 0.533. The van der Waals surface area contributed by atoms with Crippen LogP contribution in [0.5, 0.6) is 0 Å². The van der Waals surface area contributed by atoms with E-state index < -0.39 is 63.9 Å². The smallest absolute Gasteiger partial charge is 0.453 e. The van der Waals surface area contributed by atoms with Gasteiger partial charge in [0.1, 0.15) is 5.57 Å². The Morgan fingerprint density at radius 1 is 1.07 bits per heavy atom. The molecule has 0 spiro atoms. The third-order valence-electron chi connectivity index (χ3n) is 3.61. The van der Waals surface area contributed by atoms with E-state index in [-0.39, 0.29) is 12.5 Å².